The second kappa shape index (κ2) is 5.31. The first-order chi connectivity index (χ1) is 11.4. The van der Waals surface area contributed by atoms with E-state index in [1.807, 2.05) is 0 Å². The Kier molecular flexibility index (Phi) is 2.10. The first-order valence-corrected chi connectivity index (χ1v) is 5.79. The summed E-state index contributed by atoms with van der Waals surface area (Å²) >= 11 is 0. The van der Waals surface area contributed by atoms with Crippen LogP contribution in [0.5, 0.6) is 5.75 Å². The van der Waals surface area contributed by atoms with Crippen molar-refractivity contribution < 1.29 is 22.5 Å². The number of carbonyl (C=O) groups excluding carboxylic acids is 1. The fraction of sp³-hybridized carbons (Fsp3) is 0.312. The van der Waals surface area contributed by atoms with Crippen LogP contribution in [0.2, 0.25) is 0 Å². The van der Waals surface area contributed by atoms with Gasteiger partial charge in [0, 0.05) is 0 Å². The van der Waals surface area contributed by atoms with E-state index in [0.717, 1.165) is 0 Å². The number of ether oxygens (including phenoxy) is 2. The molecular weight excluding hydrogens is 240 g/mol. The fourth-order valence-corrected chi connectivity index (χ4v) is 1.41. The Labute approximate surface area is 121 Å². The van der Waals surface area contributed by atoms with Gasteiger partial charge in [0.05, 0.1) is 8.22 Å². The molecule has 0 N–H and O–H groups in total. The number of rotatable bonds is 3. The van der Waals surface area contributed by atoms with Gasteiger partial charge in [-0.25, -0.2) is 4.79 Å². The largest absolute Gasteiger partial charge is 0.482 e. The zero-order valence-corrected chi connectivity index (χ0v) is 11.0. The smallest absolute Gasteiger partial charge is 0.344 e. The van der Waals surface area contributed by atoms with E-state index in [9.17, 15) is 4.79 Å². The van der Waals surface area contributed by atoms with Crippen LogP contribution in [0.1, 0.15) is 29.0 Å². The highest BCUT2D eigenvalue weighted by Gasteiger charge is 2.16. The summed E-state index contributed by atoms with van der Waals surface area (Å²) in [5.74, 6) is -0.762. The SMILES string of the molecule is [2H]c1c([2H])c([2H])c2c([2H])c([2H])c(OCC(=O)OC(C)(C)C)cc2c1[2H]. The lowest BCUT2D eigenvalue weighted by Gasteiger charge is -2.19. The van der Waals surface area contributed by atoms with Crippen molar-refractivity contribution >= 4 is 16.7 Å². The molecule has 0 aliphatic rings. The molecular formula is C16H18O3. The first-order valence-electron chi connectivity index (χ1n) is 8.79. The van der Waals surface area contributed by atoms with Crippen LogP contribution in [-0.2, 0) is 9.53 Å². The summed E-state index contributed by atoms with van der Waals surface area (Å²) in [7, 11) is 0. The molecule has 0 aliphatic heterocycles. The third-order valence-electron chi connectivity index (χ3n) is 2.07. The normalized spacial score (nSPS) is 15.7. The van der Waals surface area contributed by atoms with Crippen molar-refractivity contribution in [2.75, 3.05) is 6.61 Å². The Morgan fingerprint density at radius 1 is 1.16 bits per heavy atom. The Balaban J connectivity index is 2.46. The Bertz CT molecular complexity index is 858. The molecule has 0 aromatic heterocycles. The summed E-state index contributed by atoms with van der Waals surface area (Å²) in [4.78, 5) is 11.7. The zero-order chi connectivity index (χ0) is 19.1. The van der Waals surface area contributed by atoms with Gasteiger partial charge in [0.15, 0.2) is 6.61 Å². The van der Waals surface area contributed by atoms with Gasteiger partial charge in [0.2, 0.25) is 0 Å². The van der Waals surface area contributed by atoms with Crippen LogP contribution >= 0.6 is 0 Å². The maximum atomic E-state index is 11.7. The summed E-state index contributed by atoms with van der Waals surface area (Å²) in [5, 5.41) is 0.00630. The van der Waals surface area contributed by atoms with Crippen LogP contribution in [0.4, 0.5) is 0 Å². The van der Waals surface area contributed by atoms with Crippen LogP contribution in [0.15, 0.2) is 42.3 Å². The van der Waals surface area contributed by atoms with Crippen molar-refractivity contribution in [3.05, 3.63) is 42.3 Å². The molecule has 0 saturated carbocycles. The lowest BCUT2D eigenvalue weighted by atomic mass is 10.1. The number of benzene rings is 2. The van der Waals surface area contributed by atoms with Crippen LogP contribution in [0, 0.1) is 0 Å². The van der Waals surface area contributed by atoms with Gasteiger partial charge in [-0.3, -0.25) is 0 Å². The Morgan fingerprint density at radius 3 is 2.53 bits per heavy atom. The molecule has 2 rings (SSSR count). The predicted octanol–water partition coefficient (Wildman–Crippen LogP) is 3.56. The Morgan fingerprint density at radius 2 is 1.84 bits per heavy atom. The molecule has 0 saturated heterocycles. The molecule has 0 radical (unpaired) electrons. The van der Waals surface area contributed by atoms with Gasteiger partial charge in [0.1, 0.15) is 11.4 Å². The van der Waals surface area contributed by atoms with E-state index in [0.29, 0.717) is 0 Å². The highest BCUT2D eigenvalue weighted by atomic mass is 16.6. The molecule has 2 aromatic carbocycles. The highest BCUT2D eigenvalue weighted by molar-refractivity contribution is 5.83. The number of carbonyl (C=O) groups is 1. The minimum Gasteiger partial charge on any atom is -0.482 e. The second-order valence-corrected chi connectivity index (χ2v) is 4.92. The molecule has 0 aliphatic carbocycles. The average Bonchev–Trinajstić information content (AvgIpc) is 2.50. The van der Waals surface area contributed by atoms with E-state index in [4.69, 9.17) is 17.7 Å². The maximum absolute atomic E-state index is 11.7. The Hall–Kier alpha value is -2.03. The van der Waals surface area contributed by atoms with Crippen LogP contribution in [-0.4, -0.2) is 18.2 Å². The summed E-state index contributed by atoms with van der Waals surface area (Å²) < 4.78 is 57.6. The lowest BCUT2D eigenvalue weighted by molar-refractivity contribution is -0.157. The van der Waals surface area contributed by atoms with E-state index in [1.54, 1.807) is 20.8 Å². The lowest BCUT2D eigenvalue weighted by Crippen LogP contribution is -2.27. The molecule has 0 heterocycles. The van der Waals surface area contributed by atoms with E-state index >= 15 is 0 Å². The van der Waals surface area contributed by atoms with Gasteiger partial charge in [0.25, 0.3) is 0 Å². The quantitative estimate of drug-likeness (QED) is 0.795. The van der Waals surface area contributed by atoms with Crippen molar-refractivity contribution in [3.8, 4) is 5.75 Å². The number of esters is 1. The van der Waals surface area contributed by atoms with Gasteiger partial charge in [-0.05, 0) is 43.7 Å². The van der Waals surface area contributed by atoms with Gasteiger partial charge in [-0.2, -0.15) is 0 Å². The van der Waals surface area contributed by atoms with Crippen LogP contribution in [0.3, 0.4) is 0 Å². The van der Waals surface area contributed by atoms with Crippen LogP contribution < -0.4 is 4.74 Å². The van der Waals surface area contributed by atoms with Crippen molar-refractivity contribution in [1.82, 2.24) is 0 Å². The first kappa shape index (κ1) is 7.53. The fourth-order valence-electron chi connectivity index (χ4n) is 1.41. The molecule has 0 spiro atoms. The summed E-state index contributed by atoms with van der Waals surface area (Å²) in [6.07, 6.45) is 0. The minimum absolute atomic E-state index is 0.0550. The molecule has 0 unspecified atom stereocenters. The van der Waals surface area contributed by atoms with Gasteiger partial charge in [-0.1, -0.05) is 30.2 Å². The van der Waals surface area contributed by atoms with Crippen molar-refractivity contribution in [3.63, 3.8) is 0 Å². The minimum atomic E-state index is -0.687. The van der Waals surface area contributed by atoms with Gasteiger partial charge < -0.3 is 9.47 Å². The van der Waals surface area contributed by atoms with Gasteiger partial charge >= 0.3 is 5.97 Å². The third-order valence-corrected chi connectivity index (χ3v) is 2.07. The van der Waals surface area contributed by atoms with E-state index in [2.05, 4.69) is 0 Å². The molecule has 0 fully saturated rings. The molecule has 3 nitrogen and oxygen atoms in total. The highest BCUT2D eigenvalue weighted by Crippen LogP contribution is 2.20. The van der Waals surface area contributed by atoms with E-state index in [1.165, 1.54) is 6.07 Å². The second-order valence-electron chi connectivity index (χ2n) is 4.92. The van der Waals surface area contributed by atoms with Crippen LogP contribution in [0.25, 0.3) is 10.8 Å². The molecule has 0 amide bonds. The standard InChI is InChI=1S/C16H18O3/c1-16(2,3)19-15(17)11-18-14-9-8-12-6-4-5-7-13(12)10-14/h4-10H,11H2,1-3H3/i4D,5D,6D,7D,8D,9D. The molecule has 100 valence electrons. The van der Waals surface area contributed by atoms with E-state index < -0.39 is 30.3 Å². The molecule has 0 bridgehead atoms. The van der Waals surface area contributed by atoms with Gasteiger partial charge in [-0.15, -0.1) is 0 Å². The number of hydrogen-bond acceptors (Lipinski definition) is 3. The van der Waals surface area contributed by atoms with Crippen molar-refractivity contribution in [1.29, 1.82) is 0 Å². The molecule has 2 aromatic rings. The predicted molar refractivity (Wildman–Crippen MR) is 75.3 cm³/mol. The van der Waals surface area contributed by atoms with E-state index in [-0.39, 0.29) is 40.7 Å². The third kappa shape index (κ3) is 3.98. The van der Waals surface area contributed by atoms with Crippen molar-refractivity contribution in [2.45, 2.75) is 26.4 Å². The summed E-state index contributed by atoms with van der Waals surface area (Å²) in [6.45, 7) is 4.64. The summed E-state index contributed by atoms with van der Waals surface area (Å²) in [6, 6.07) is -1.11. The average molecular weight is 264 g/mol. The molecule has 3 heteroatoms. The maximum Gasteiger partial charge on any atom is 0.344 e. The number of fused-ring (bicyclic) bond motifs is 1. The summed E-state index contributed by atoms with van der Waals surface area (Å²) in [5.41, 5.74) is -0.687. The zero-order valence-electron chi connectivity index (χ0n) is 17.0. The molecule has 0 atom stereocenters. The number of hydrogen-bond donors (Lipinski definition) is 0. The molecule has 19 heavy (non-hydrogen) atoms. The van der Waals surface area contributed by atoms with Crippen molar-refractivity contribution in [2.24, 2.45) is 0 Å². The monoisotopic (exact) mass is 264 g/mol. The topological polar surface area (TPSA) is 35.5 Å².